The molecular weight excluding hydrogens is 973 g/mol. The van der Waals surface area contributed by atoms with Gasteiger partial charge in [-0.25, -0.2) is 4.79 Å². The van der Waals surface area contributed by atoms with Crippen LogP contribution in [0.4, 0.5) is 0 Å². The summed E-state index contributed by atoms with van der Waals surface area (Å²) in [5, 5.41) is 31.5. The van der Waals surface area contributed by atoms with Crippen LogP contribution in [0.1, 0.15) is 252 Å². The summed E-state index contributed by atoms with van der Waals surface area (Å²) in [5.41, 5.74) is 0. The van der Waals surface area contributed by atoms with Crippen molar-refractivity contribution in [2.75, 3.05) is 13.2 Å². The van der Waals surface area contributed by atoms with Gasteiger partial charge in [0.1, 0.15) is 18.8 Å². The van der Waals surface area contributed by atoms with E-state index in [1.165, 1.54) is 38.5 Å². The predicted molar refractivity (Wildman–Crippen MR) is 312 cm³/mol. The molecule has 1 heterocycles. The number of carbonyl (C=O) groups excluding carboxylic acids is 3. The van der Waals surface area contributed by atoms with Crippen LogP contribution >= 0.6 is 0 Å². The van der Waals surface area contributed by atoms with Crippen LogP contribution in [0, 0.1) is 0 Å². The lowest BCUT2D eigenvalue weighted by atomic mass is 9.98. The molecule has 6 atom stereocenters. The van der Waals surface area contributed by atoms with Gasteiger partial charge in [0.15, 0.2) is 24.6 Å². The number of carboxylic acids is 1. The van der Waals surface area contributed by atoms with Gasteiger partial charge in [-0.2, -0.15) is 0 Å². The highest BCUT2D eigenvalue weighted by atomic mass is 16.7. The van der Waals surface area contributed by atoms with Crippen molar-refractivity contribution < 1.29 is 58.2 Å². The maximum Gasteiger partial charge on any atom is 0.335 e. The third kappa shape index (κ3) is 42.5. The minimum Gasteiger partial charge on any atom is -0.479 e. The average Bonchev–Trinajstić information content (AvgIpc) is 3.42. The molecule has 3 N–H and O–H groups in total. The Balaban J connectivity index is 2.68. The number of hydrogen-bond acceptors (Lipinski definition) is 11. The lowest BCUT2D eigenvalue weighted by molar-refractivity contribution is -0.301. The van der Waals surface area contributed by atoms with Gasteiger partial charge in [0.05, 0.1) is 6.61 Å². The zero-order valence-electron chi connectivity index (χ0n) is 48.4. The molecule has 12 nitrogen and oxygen atoms in total. The molecule has 1 aliphatic rings. The highest BCUT2D eigenvalue weighted by Gasteiger charge is 2.50. The Bertz CT molecular complexity index is 1660. The first-order valence-electron chi connectivity index (χ1n) is 30.6. The van der Waals surface area contributed by atoms with Crippen molar-refractivity contribution in [1.29, 1.82) is 0 Å². The summed E-state index contributed by atoms with van der Waals surface area (Å²) < 4.78 is 28.4. The molecule has 1 fully saturated rings. The molecule has 0 spiro atoms. The molecule has 1 rings (SSSR count). The van der Waals surface area contributed by atoms with Gasteiger partial charge in [0, 0.05) is 19.3 Å². The average molecular weight is 1080 g/mol. The molecule has 0 aromatic rings. The summed E-state index contributed by atoms with van der Waals surface area (Å²) in [6.45, 7) is 5.78. The minimum absolute atomic E-state index is 0.0440. The second-order valence-corrected chi connectivity index (χ2v) is 20.6. The Kier molecular flexibility index (Phi) is 48.4. The van der Waals surface area contributed by atoms with E-state index in [4.69, 9.17) is 23.7 Å². The molecule has 1 aliphatic heterocycles. The molecule has 0 aromatic heterocycles. The molecule has 0 aliphatic carbocycles. The van der Waals surface area contributed by atoms with Gasteiger partial charge >= 0.3 is 23.9 Å². The highest BCUT2D eigenvalue weighted by Crippen LogP contribution is 2.26. The monoisotopic (exact) mass is 1080 g/mol. The largest absolute Gasteiger partial charge is 0.479 e. The lowest BCUT2D eigenvalue weighted by Gasteiger charge is -2.40. The highest BCUT2D eigenvalue weighted by molar-refractivity contribution is 5.74. The molecule has 0 amide bonds. The van der Waals surface area contributed by atoms with Crippen LogP contribution in [0.3, 0.4) is 0 Å². The third-order valence-electron chi connectivity index (χ3n) is 13.4. The number of rotatable bonds is 51. The fraction of sp³-hybridized carbons (Fsp3) is 0.723. The van der Waals surface area contributed by atoms with E-state index in [9.17, 15) is 34.5 Å². The predicted octanol–water partition coefficient (Wildman–Crippen LogP) is 15.9. The maximum absolute atomic E-state index is 13.1. The Morgan fingerprint density at radius 1 is 0.442 bits per heavy atom. The van der Waals surface area contributed by atoms with Crippen LogP contribution in [0.15, 0.2) is 85.1 Å². The van der Waals surface area contributed by atoms with Gasteiger partial charge in [0.2, 0.25) is 0 Å². The van der Waals surface area contributed by atoms with E-state index in [-0.39, 0.29) is 25.9 Å². The molecule has 1 saturated heterocycles. The summed E-state index contributed by atoms with van der Waals surface area (Å²) in [5.74, 6) is -3.16. The van der Waals surface area contributed by atoms with Gasteiger partial charge in [-0.1, -0.05) is 209 Å². The van der Waals surface area contributed by atoms with E-state index < -0.39 is 67.3 Å². The molecular formula is C65H108O12. The standard InChI is InChI=1S/C65H108O12/c1-4-7-10-13-16-19-22-25-27-29-31-34-36-39-42-45-48-51-57(66)73-54-56(75-58(67)52-49-46-43-40-37-33-24-21-18-15-12-9-6-3)55-74-65-63(61(70)60(69)62(77-65)64(71)72)76-59(68)53-50-47-44-41-38-35-32-30-28-26-23-20-17-14-11-8-5-2/h8,11-12,15-17,19-21,24-28,56,60-63,65,69-70H,4-7,9-10,13-14,18,22-23,29-55H2,1-3H3,(H,71,72)/b11-8-,15-12-,19-16-,20-17-,24-21-,27-25-,28-26-. The summed E-state index contributed by atoms with van der Waals surface area (Å²) in [4.78, 5) is 51.2. The number of allylic oxidation sites excluding steroid dienone is 14. The number of carboxylic acid groups (broad SMARTS) is 1. The fourth-order valence-corrected chi connectivity index (χ4v) is 8.74. The fourth-order valence-electron chi connectivity index (χ4n) is 8.74. The number of aliphatic hydroxyl groups is 2. The van der Waals surface area contributed by atoms with E-state index in [0.29, 0.717) is 19.3 Å². The molecule has 6 unspecified atom stereocenters. The van der Waals surface area contributed by atoms with E-state index in [1.807, 2.05) is 0 Å². The molecule has 0 saturated carbocycles. The quantitative estimate of drug-likeness (QED) is 0.0228. The molecule has 0 aromatic carbocycles. The van der Waals surface area contributed by atoms with E-state index in [0.717, 1.165) is 154 Å². The number of esters is 3. The number of aliphatic hydroxyl groups excluding tert-OH is 2. The minimum atomic E-state index is -1.91. The van der Waals surface area contributed by atoms with Crippen molar-refractivity contribution in [3.63, 3.8) is 0 Å². The Morgan fingerprint density at radius 2 is 0.844 bits per heavy atom. The Labute approximate surface area is 467 Å². The number of unbranched alkanes of at least 4 members (excludes halogenated alkanes) is 23. The summed E-state index contributed by atoms with van der Waals surface area (Å²) in [7, 11) is 0. The van der Waals surface area contributed by atoms with Crippen molar-refractivity contribution in [2.45, 2.75) is 289 Å². The number of aliphatic carboxylic acids is 1. The van der Waals surface area contributed by atoms with Crippen LogP contribution in [0.5, 0.6) is 0 Å². The third-order valence-corrected chi connectivity index (χ3v) is 13.4. The second kappa shape index (κ2) is 52.6. The van der Waals surface area contributed by atoms with Gasteiger partial charge in [-0.15, -0.1) is 0 Å². The van der Waals surface area contributed by atoms with Gasteiger partial charge in [0.25, 0.3) is 0 Å². The SMILES string of the molecule is CC/C=C\C/C=C\C/C=C\CCCCCCCCCC(=O)OC1C(OCC(COC(=O)CCCCCCCCC/C=C\C/C=C\CCCCC)OC(=O)CCCCCCC/C=C\C/C=C\CCC)OC(C(=O)O)C(O)C1O. The summed E-state index contributed by atoms with van der Waals surface area (Å²) in [6.07, 6.45) is 55.4. The van der Waals surface area contributed by atoms with Gasteiger partial charge < -0.3 is 39.0 Å². The lowest BCUT2D eigenvalue weighted by Crippen LogP contribution is -2.61. The molecule has 77 heavy (non-hydrogen) atoms. The van der Waals surface area contributed by atoms with E-state index in [1.54, 1.807) is 0 Å². The zero-order chi connectivity index (χ0) is 56.1. The van der Waals surface area contributed by atoms with Crippen LogP contribution in [-0.2, 0) is 42.9 Å². The second-order valence-electron chi connectivity index (χ2n) is 20.6. The number of ether oxygens (including phenoxy) is 5. The first kappa shape index (κ1) is 70.9. The molecule has 0 radical (unpaired) electrons. The van der Waals surface area contributed by atoms with Crippen molar-refractivity contribution in [1.82, 2.24) is 0 Å². The molecule has 0 bridgehead atoms. The Hall–Kier alpha value is -4.10. The zero-order valence-corrected chi connectivity index (χ0v) is 48.4. The first-order valence-corrected chi connectivity index (χ1v) is 30.6. The van der Waals surface area contributed by atoms with Crippen LogP contribution in [-0.4, -0.2) is 89.2 Å². The molecule has 440 valence electrons. The smallest absolute Gasteiger partial charge is 0.335 e. The molecule has 12 heteroatoms. The van der Waals surface area contributed by atoms with E-state index in [2.05, 4.69) is 106 Å². The van der Waals surface area contributed by atoms with Crippen molar-refractivity contribution in [3.05, 3.63) is 85.1 Å². The van der Waals surface area contributed by atoms with Gasteiger partial charge in [-0.05, 0) is 109 Å². The first-order chi connectivity index (χ1) is 37.6. The van der Waals surface area contributed by atoms with Crippen molar-refractivity contribution in [2.24, 2.45) is 0 Å². The van der Waals surface area contributed by atoms with Gasteiger partial charge in [-0.3, -0.25) is 14.4 Å². The van der Waals surface area contributed by atoms with Crippen LogP contribution in [0.25, 0.3) is 0 Å². The summed E-state index contributed by atoms with van der Waals surface area (Å²) in [6, 6.07) is 0. The summed E-state index contributed by atoms with van der Waals surface area (Å²) >= 11 is 0. The number of hydrogen-bond donors (Lipinski definition) is 3. The topological polar surface area (TPSA) is 175 Å². The van der Waals surface area contributed by atoms with Crippen LogP contribution in [0.2, 0.25) is 0 Å². The van der Waals surface area contributed by atoms with E-state index >= 15 is 0 Å². The maximum atomic E-state index is 13.1. The normalized spacial score (nSPS) is 18.6. The van der Waals surface area contributed by atoms with Crippen molar-refractivity contribution >= 4 is 23.9 Å². The van der Waals surface area contributed by atoms with Crippen molar-refractivity contribution in [3.8, 4) is 0 Å². The van der Waals surface area contributed by atoms with Crippen LogP contribution < -0.4 is 0 Å². The number of carbonyl (C=O) groups is 4. The Morgan fingerprint density at radius 3 is 1.30 bits per heavy atom.